The van der Waals surface area contributed by atoms with E-state index in [9.17, 15) is 9.59 Å². The molecule has 0 fully saturated rings. The summed E-state index contributed by atoms with van der Waals surface area (Å²) in [6.07, 6.45) is 5.31. The van der Waals surface area contributed by atoms with E-state index >= 15 is 0 Å². The van der Waals surface area contributed by atoms with Crippen molar-refractivity contribution < 1.29 is 14.3 Å². The summed E-state index contributed by atoms with van der Waals surface area (Å²) in [6.45, 7) is 9.26. The Morgan fingerprint density at radius 1 is 1.41 bits per heavy atom. The van der Waals surface area contributed by atoms with Gasteiger partial charge >= 0.3 is 5.97 Å². The van der Waals surface area contributed by atoms with Crippen LogP contribution in [0.5, 0.6) is 0 Å². The molecule has 0 bridgehead atoms. The van der Waals surface area contributed by atoms with Crippen molar-refractivity contribution in [3.05, 3.63) is 29.5 Å². The van der Waals surface area contributed by atoms with Gasteiger partial charge < -0.3 is 10.1 Å². The van der Waals surface area contributed by atoms with Crippen LogP contribution in [0, 0.1) is 5.41 Å². The topological polar surface area (TPSA) is 68.3 Å². The predicted octanol–water partition coefficient (Wildman–Crippen LogP) is 2.96. The van der Waals surface area contributed by atoms with Crippen LogP contribution in [0.3, 0.4) is 0 Å². The monoisotopic (exact) mass is 302 g/mol. The number of aromatic nitrogens is 1. The molecule has 0 saturated heterocycles. The zero-order chi connectivity index (χ0) is 16.5. The molecule has 5 heteroatoms. The Kier molecular flexibility index (Phi) is 4.09. The Bertz CT molecular complexity index is 640. The number of rotatable bonds is 2. The van der Waals surface area contributed by atoms with Crippen LogP contribution in [0.2, 0.25) is 0 Å². The fourth-order valence-electron chi connectivity index (χ4n) is 2.20. The number of ether oxygens (including phenoxy) is 1. The molecule has 2 heterocycles. The average Bonchev–Trinajstić information content (AvgIpc) is 2.35. The fourth-order valence-corrected chi connectivity index (χ4v) is 2.20. The molecule has 0 saturated carbocycles. The van der Waals surface area contributed by atoms with Gasteiger partial charge in [0, 0.05) is 17.7 Å². The molecule has 0 atom stereocenters. The van der Waals surface area contributed by atoms with E-state index in [2.05, 4.69) is 10.3 Å². The minimum absolute atomic E-state index is 0.0236. The van der Waals surface area contributed by atoms with Crippen LogP contribution in [-0.2, 0) is 20.7 Å². The summed E-state index contributed by atoms with van der Waals surface area (Å²) in [5.41, 5.74) is 0.805. The maximum absolute atomic E-state index is 11.9. The Balaban J connectivity index is 2.15. The molecule has 1 N–H and O–H groups in total. The van der Waals surface area contributed by atoms with Crippen molar-refractivity contribution in [1.29, 1.82) is 0 Å². The minimum Gasteiger partial charge on any atom is -0.457 e. The molecular formula is C17H22N2O3. The number of hydrogen-bond donors (Lipinski definition) is 1. The van der Waals surface area contributed by atoms with Gasteiger partial charge in [0.15, 0.2) is 0 Å². The van der Waals surface area contributed by atoms with Gasteiger partial charge in [-0.3, -0.25) is 4.79 Å². The molecule has 0 spiro atoms. The Morgan fingerprint density at radius 2 is 2.09 bits per heavy atom. The van der Waals surface area contributed by atoms with E-state index in [-0.39, 0.29) is 11.9 Å². The number of anilines is 1. The molecule has 5 nitrogen and oxygen atoms in total. The zero-order valence-corrected chi connectivity index (χ0v) is 13.7. The number of fused-ring (bicyclic) bond motifs is 1. The average molecular weight is 302 g/mol. The van der Waals surface area contributed by atoms with Gasteiger partial charge in [0.05, 0.1) is 0 Å². The molecule has 1 amide bonds. The van der Waals surface area contributed by atoms with Gasteiger partial charge in [0.1, 0.15) is 11.4 Å². The minimum atomic E-state index is -0.510. The normalized spacial score (nSPS) is 17.0. The highest BCUT2D eigenvalue weighted by molar-refractivity contribution is 5.97. The Morgan fingerprint density at radius 3 is 2.73 bits per heavy atom. The molecule has 22 heavy (non-hydrogen) atoms. The second-order valence-electron chi connectivity index (χ2n) is 7.16. The van der Waals surface area contributed by atoms with Crippen molar-refractivity contribution in [2.45, 2.75) is 46.6 Å². The molecule has 0 radical (unpaired) electrons. The maximum atomic E-state index is 11.9. The lowest BCUT2D eigenvalue weighted by atomic mass is 9.82. The van der Waals surface area contributed by atoms with Crippen molar-refractivity contribution >= 4 is 23.8 Å². The fraction of sp³-hybridized carbons (Fsp3) is 0.471. The first-order valence-electron chi connectivity index (χ1n) is 7.28. The van der Waals surface area contributed by atoms with Crippen LogP contribution in [0.4, 0.5) is 5.82 Å². The second-order valence-corrected chi connectivity index (χ2v) is 7.16. The van der Waals surface area contributed by atoms with Crippen molar-refractivity contribution in [3.8, 4) is 0 Å². The number of hydrogen-bond acceptors (Lipinski definition) is 4. The standard InChI is InChI=1S/C17H22N2O3/c1-16(2,3)22-13(20)7-6-11-8-12-9-17(4,5)15(21)19-14(12)18-10-11/h6-8,10H,9H2,1-5H3,(H,18,19,21)/b7-6+. The largest absolute Gasteiger partial charge is 0.457 e. The van der Waals surface area contributed by atoms with Crippen LogP contribution in [0.1, 0.15) is 45.7 Å². The van der Waals surface area contributed by atoms with Crippen molar-refractivity contribution in [2.75, 3.05) is 5.32 Å². The van der Waals surface area contributed by atoms with Crippen LogP contribution < -0.4 is 5.32 Å². The number of esters is 1. The SMILES string of the molecule is CC(C)(C)OC(=O)/C=C/c1cnc2c(c1)CC(C)(C)C(=O)N2. The molecule has 0 unspecified atom stereocenters. The summed E-state index contributed by atoms with van der Waals surface area (Å²) in [4.78, 5) is 27.8. The number of pyridine rings is 1. The molecule has 1 aromatic heterocycles. The summed E-state index contributed by atoms with van der Waals surface area (Å²) in [5, 5.41) is 2.81. The second kappa shape index (κ2) is 5.55. The lowest BCUT2D eigenvalue weighted by Crippen LogP contribution is -2.37. The van der Waals surface area contributed by atoms with Gasteiger partial charge in [-0.25, -0.2) is 9.78 Å². The van der Waals surface area contributed by atoms with Gasteiger partial charge in [-0.05, 0) is 50.5 Å². The van der Waals surface area contributed by atoms with E-state index < -0.39 is 11.0 Å². The molecule has 1 aliphatic rings. The van der Waals surface area contributed by atoms with E-state index in [1.165, 1.54) is 6.08 Å². The van der Waals surface area contributed by atoms with E-state index in [1.807, 2.05) is 40.7 Å². The lowest BCUT2D eigenvalue weighted by Gasteiger charge is -2.29. The van der Waals surface area contributed by atoms with Crippen LogP contribution in [0.15, 0.2) is 18.3 Å². The van der Waals surface area contributed by atoms with Gasteiger partial charge in [-0.1, -0.05) is 13.8 Å². The van der Waals surface area contributed by atoms with Gasteiger partial charge in [0.2, 0.25) is 5.91 Å². The summed E-state index contributed by atoms with van der Waals surface area (Å²) in [6, 6.07) is 1.93. The van der Waals surface area contributed by atoms with Crippen molar-refractivity contribution in [3.63, 3.8) is 0 Å². The summed E-state index contributed by atoms with van der Waals surface area (Å²) in [5.74, 6) is 0.183. The molecule has 1 aliphatic heterocycles. The molecule has 118 valence electrons. The lowest BCUT2D eigenvalue weighted by molar-refractivity contribution is -0.148. The molecule has 0 aliphatic carbocycles. The number of amides is 1. The number of carbonyl (C=O) groups excluding carboxylic acids is 2. The smallest absolute Gasteiger partial charge is 0.331 e. The quantitative estimate of drug-likeness (QED) is 0.673. The Hall–Kier alpha value is -2.17. The van der Waals surface area contributed by atoms with E-state index in [0.29, 0.717) is 12.2 Å². The predicted molar refractivity (Wildman–Crippen MR) is 85.2 cm³/mol. The number of nitrogens with zero attached hydrogens (tertiary/aromatic N) is 1. The summed E-state index contributed by atoms with van der Waals surface area (Å²) in [7, 11) is 0. The number of carbonyl (C=O) groups is 2. The highest BCUT2D eigenvalue weighted by Crippen LogP contribution is 2.32. The van der Waals surface area contributed by atoms with E-state index in [0.717, 1.165) is 11.1 Å². The first kappa shape index (κ1) is 16.2. The van der Waals surface area contributed by atoms with Crippen LogP contribution in [0.25, 0.3) is 6.08 Å². The van der Waals surface area contributed by atoms with Gasteiger partial charge in [-0.15, -0.1) is 0 Å². The first-order valence-corrected chi connectivity index (χ1v) is 7.28. The van der Waals surface area contributed by atoms with Crippen LogP contribution >= 0.6 is 0 Å². The summed E-state index contributed by atoms with van der Waals surface area (Å²) < 4.78 is 5.22. The first-order chi connectivity index (χ1) is 10.1. The molecule has 2 rings (SSSR count). The van der Waals surface area contributed by atoms with Crippen molar-refractivity contribution in [2.24, 2.45) is 5.41 Å². The van der Waals surface area contributed by atoms with Crippen LogP contribution in [-0.4, -0.2) is 22.5 Å². The molecule has 1 aromatic rings. The van der Waals surface area contributed by atoms with E-state index in [1.54, 1.807) is 12.3 Å². The highest BCUT2D eigenvalue weighted by Gasteiger charge is 2.34. The third-order valence-corrected chi connectivity index (χ3v) is 3.29. The van der Waals surface area contributed by atoms with E-state index in [4.69, 9.17) is 4.74 Å². The Labute approximate surface area is 130 Å². The summed E-state index contributed by atoms with van der Waals surface area (Å²) >= 11 is 0. The maximum Gasteiger partial charge on any atom is 0.331 e. The third-order valence-electron chi connectivity index (χ3n) is 3.29. The zero-order valence-electron chi connectivity index (χ0n) is 13.7. The van der Waals surface area contributed by atoms with Gasteiger partial charge in [-0.2, -0.15) is 0 Å². The molecular weight excluding hydrogens is 280 g/mol. The van der Waals surface area contributed by atoms with Crippen molar-refractivity contribution in [1.82, 2.24) is 4.98 Å². The molecule has 0 aromatic carbocycles. The van der Waals surface area contributed by atoms with Gasteiger partial charge in [0.25, 0.3) is 0 Å². The third kappa shape index (κ3) is 3.93. The highest BCUT2D eigenvalue weighted by atomic mass is 16.6. The number of nitrogens with one attached hydrogen (secondary N) is 1.